The molecule has 0 bridgehead atoms. The third kappa shape index (κ3) is 32.3. The third-order valence-electron chi connectivity index (χ3n) is 11.6. The van der Waals surface area contributed by atoms with Crippen molar-refractivity contribution in [2.24, 2.45) is 0 Å². The standard InChI is InChI=1S/C62H86S8/c1-3-5-7-9-11-19-27-35-51-63-59-47-43-55(67-59)39-31-23-15-17-25-33-41-57-45-49-61(69-57)65-53-37-29-21-13-14-22-30-38-54-66-62-50-46-58(70-62)42-34-26-18-16-24-32-40-56-44-48-60(68-56)64-52-36-28-20-12-10-8-6-4-2/h15-18,23-26,31-34,39-50H,3-14,19-22,27-30,35-38,51-54H2,1-2H3/b23-15+,24-16+,25-17+,26-18+,39-31+,40-32+,41-33+,42-34+. The smallest absolute Gasteiger partial charge is 0.0604 e. The van der Waals surface area contributed by atoms with Crippen LogP contribution in [0.25, 0.3) is 24.3 Å². The zero-order valence-electron chi connectivity index (χ0n) is 42.9. The molecule has 4 aromatic heterocycles. The summed E-state index contributed by atoms with van der Waals surface area (Å²) in [4.78, 5) is 5.32. The van der Waals surface area contributed by atoms with E-state index < -0.39 is 0 Å². The van der Waals surface area contributed by atoms with E-state index in [1.54, 1.807) is 0 Å². The maximum atomic E-state index is 2.29. The van der Waals surface area contributed by atoms with Crippen molar-refractivity contribution in [3.05, 3.63) is 141 Å². The predicted molar refractivity (Wildman–Crippen MR) is 335 cm³/mol. The van der Waals surface area contributed by atoms with Crippen LogP contribution >= 0.6 is 92.4 Å². The first kappa shape index (κ1) is 60.7. The minimum absolute atomic E-state index is 1.23. The second-order valence-electron chi connectivity index (χ2n) is 17.8. The van der Waals surface area contributed by atoms with E-state index in [2.05, 4.69) is 160 Å². The zero-order valence-corrected chi connectivity index (χ0v) is 49.5. The van der Waals surface area contributed by atoms with Gasteiger partial charge in [0, 0.05) is 19.5 Å². The van der Waals surface area contributed by atoms with Crippen molar-refractivity contribution in [3.63, 3.8) is 0 Å². The lowest BCUT2D eigenvalue weighted by Gasteiger charge is -2.02. The van der Waals surface area contributed by atoms with Crippen LogP contribution in [-0.4, -0.2) is 23.0 Å². The molecule has 0 nitrogen and oxygen atoms in total. The van der Waals surface area contributed by atoms with Gasteiger partial charge in [0.1, 0.15) is 0 Å². The molecule has 4 rings (SSSR count). The molecule has 0 aromatic carbocycles. The van der Waals surface area contributed by atoms with Gasteiger partial charge in [-0.15, -0.1) is 92.4 Å². The molecule has 0 N–H and O–H groups in total. The van der Waals surface area contributed by atoms with Crippen molar-refractivity contribution < 1.29 is 0 Å². The van der Waals surface area contributed by atoms with Crippen molar-refractivity contribution in [1.29, 1.82) is 0 Å². The number of rotatable bonds is 43. The Labute approximate surface area is 461 Å². The zero-order chi connectivity index (χ0) is 49.0. The molecule has 0 fully saturated rings. The molecule has 0 saturated heterocycles. The van der Waals surface area contributed by atoms with Gasteiger partial charge >= 0.3 is 0 Å². The third-order valence-corrected chi connectivity index (χ3v) is 21.0. The lowest BCUT2D eigenvalue weighted by Crippen LogP contribution is -1.84. The first-order valence-corrected chi connectivity index (χ1v) is 34.2. The summed E-state index contributed by atoms with van der Waals surface area (Å²) in [6.07, 6.45) is 67.5. The van der Waals surface area contributed by atoms with Gasteiger partial charge in [0.15, 0.2) is 0 Å². The fourth-order valence-electron chi connectivity index (χ4n) is 7.55. The minimum atomic E-state index is 1.23. The van der Waals surface area contributed by atoms with Crippen LogP contribution in [0.1, 0.15) is 187 Å². The van der Waals surface area contributed by atoms with E-state index in [0.29, 0.717) is 0 Å². The Morgan fingerprint density at radius 1 is 0.257 bits per heavy atom. The monoisotopic (exact) mass is 1090 g/mol. The number of hydrogen-bond acceptors (Lipinski definition) is 8. The van der Waals surface area contributed by atoms with Crippen molar-refractivity contribution >= 4 is 117 Å². The van der Waals surface area contributed by atoms with Crippen molar-refractivity contribution in [2.75, 3.05) is 23.0 Å². The first-order valence-electron chi connectivity index (χ1n) is 27.0. The molecule has 0 aliphatic rings. The second kappa shape index (κ2) is 43.5. The molecular weight excluding hydrogens is 1000 g/mol. The minimum Gasteiger partial charge on any atom is -0.129 e. The fraction of sp³-hybridized carbons (Fsp3) is 0.484. The van der Waals surface area contributed by atoms with E-state index in [9.17, 15) is 0 Å². The number of thioether (sulfide) groups is 4. The lowest BCUT2D eigenvalue weighted by atomic mass is 10.1. The summed E-state index contributed by atoms with van der Waals surface area (Å²) in [5.41, 5.74) is 0. The van der Waals surface area contributed by atoms with E-state index in [1.165, 1.54) is 213 Å². The second-order valence-corrected chi connectivity index (χ2v) is 27.8. The van der Waals surface area contributed by atoms with Crippen LogP contribution in [0.3, 0.4) is 0 Å². The van der Waals surface area contributed by atoms with Gasteiger partial charge in [-0.25, -0.2) is 0 Å². The molecule has 0 amide bonds. The average Bonchev–Trinajstić information content (AvgIpc) is 4.22. The summed E-state index contributed by atoms with van der Waals surface area (Å²) < 4.78 is 5.76. The molecule has 382 valence electrons. The van der Waals surface area contributed by atoms with Crippen LogP contribution in [0, 0.1) is 0 Å². The van der Waals surface area contributed by atoms with E-state index in [-0.39, 0.29) is 0 Å². The molecule has 0 aliphatic carbocycles. The normalized spacial score (nSPS) is 12.7. The van der Waals surface area contributed by atoms with Gasteiger partial charge < -0.3 is 0 Å². The molecule has 0 spiro atoms. The highest BCUT2D eigenvalue weighted by Crippen LogP contribution is 2.32. The Hall–Kier alpha value is -1.88. The van der Waals surface area contributed by atoms with Crippen molar-refractivity contribution in [2.45, 2.75) is 185 Å². The Balaban J connectivity index is 0.913. The molecule has 0 unspecified atom stereocenters. The maximum Gasteiger partial charge on any atom is 0.0604 e. The molecule has 70 heavy (non-hydrogen) atoms. The number of unbranched alkanes of at least 4 members (excludes halogenated alkanes) is 21. The molecule has 0 radical (unpaired) electrons. The highest BCUT2D eigenvalue weighted by Gasteiger charge is 2.03. The molecule has 0 atom stereocenters. The van der Waals surface area contributed by atoms with Crippen LogP contribution in [0.5, 0.6) is 0 Å². The van der Waals surface area contributed by atoms with Gasteiger partial charge in [-0.05, 0) is 122 Å². The number of thiophene rings is 4. The van der Waals surface area contributed by atoms with Crippen molar-refractivity contribution in [3.8, 4) is 0 Å². The predicted octanol–water partition coefficient (Wildman–Crippen LogP) is 24.1. The highest BCUT2D eigenvalue weighted by atomic mass is 32.2. The van der Waals surface area contributed by atoms with E-state index >= 15 is 0 Å². The highest BCUT2D eigenvalue weighted by molar-refractivity contribution is 8.01. The van der Waals surface area contributed by atoms with Crippen LogP contribution in [0.4, 0.5) is 0 Å². The molecule has 4 aromatic rings. The number of hydrogen-bond donors (Lipinski definition) is 0. The largest absolute Gasteiger partial charge is 0.129 e. The molecule has 0 aliphatic heterocycles. The van der Waals surface area contributed by atoms with Gasteiger partial charge in [-0.3, -0.25) is 0 Å². The summed E-state index contributed by atoms with van der Waals surface area (Å²) in [5, 5.41) is 0. The molecule has 0 saturated carbocycles. The average molecular weight is 1090 g/mol. The van der Waals surface area contributed by atoms with Gasteiger partial charge in [0.25, 0.3) is 0 Å². The lowest BCUT2D eigenvalue weighted by molar-refractivity contribution is 0.586. The fourth-order valence-corrected chi connectivity index (χ4v) is 16.1. The SMILES string of the molecule is CCCCCCCCCCSc1ccc(/C=C/C=C/C=C/C=C/c2ccc(SCCCCCCCCCCSc3ccc(/C=C/C=C/C=C/C=C/c4ccc(SCCCCCCCCCC)s4)s3)s2)s1. The van der Waals surface area contributed by atoms with Crippen molar-refractivity contribution in [1.82, 2.24) is 0 Å². The topological polar surface area (TPSA) is 0 Å². The Bertz CT molecular complexity index is 1940. The maximum absolute atomic E-state index is 2.29. The van der Waals surface area contributed by atoms with Crippen LogP contribution in [-0.2, 0) is 0 Å². The summed E-state index contributed by atoms with van der Waals surface area (Å²) in [6.45, 7) is 4.58. The summed E-state index contributed by atoms with van der Waals surface area (Å²) in [6, 6.07) is 18.1. The van der Waals surface area contributed by atoms with Crippen LogP contribution in [0.2, 0.25) is 0 Å². The van der Waals surface area contributed by atoms with Gasteiger partial charge in [0.05, 0.1) is 16.8 Å². The number of allylic oxidation sites excluding steroid dienone is 12. The first-order chi connectivity index (χ1) is 34.7. The van der Waals surface area contributed by atoms with E-state index in [1.807, 2.05) is 92.4 Å². The van der Waals surface area contributed by atoms with Crippen LogP contribution < -0.4 is 0 Å². The Morgan fingerprint density at radius 2 is 0.457 bits per heavy atom. The van der Waals surface area contributed by atoms with E-state index in [4.69, 9.17) is 0 Å². The summed E-state index contributed by atoms with van der Waals surface area (Å²) in [5.74, 6) is 4.95. The Morgan fingerprint density at radius 3 is 0.686 bits per heavy atom. The summed E-state index contributed by atoms with van der Waals surface area (Å²) in [7, 11) is 0. The Kier molecular flexibility index (Phi) is 37.7. The molecule has 8 heteroatoms. The summed E-state index contributed by atoms with van der Waals surface area (Å²) >= 11 is 15.7. The van der Waals surface area contributed by atoms with E-state index in [0.717, 1.165) is 0 Å². The van der Waals surface area contributed by atoms with Crippen LogP contribution in [0.15, 0.2) is 138 Å². The molecular formula is C62H86S8. The van der Waals surface area contributed by atoms with Gasteiger partial charge in [0.2, 0.25) is 0 Å². The van der Waals surface area contributed by atoms with Gasteiger partial charge in [-0.1, -0.05) is 215 Å². The van der Waals surface area contributed by atoms with Gasteiger partial charge in [-0.2, -0.15) is 0 Å². The molecule has 4 heterocycles. The quantitative estimate of drug-likeness (QED) is 0.0246.